The molecule has 2 heteroatoms. The van der Waals surface area contributed by atoms with Gasteiger partial charge in [-0.15, -0.1) is 0 Å². The number of aromatic nitrogens is 1. The number of ketones is 1. The van der Waals surface area contributed by atoms with Gasteiger partial charge in [0, 0.05) is 24.7 Å². The SMILES string of the molecule is Cc1ccc(CC(=O)CC(C)C)nc1. The molecule has 0 N–H and O–H groups in total. The molecule has 1 heterocycles. The number of hydrogen-bond donors (Lipinski definition) is 0. The maximum atomic E-state index is 11.5. The van der Waals surface area contributed by atoms with E-state index in [4.69, 9.17) is 0 Å². The van der Waals surface area contributed by atoms with E-state index in [0.717, 1.165) is 11.3 Å². The number of carbonyl (C=O) groups excluding carboxylic acids is 1. The highest BCUT2D eigenvalue weighted by Crippen LogP contribution is 2.05. The van der Waals surface area contributed by atoms with Crippen molar-refractivity contribution in [1.29, 1.82) is 0 Å². The van der Waals surface area contributed by atoms with Crippen molar-refractivity contribution >= 4 is 5.78 Å². The van der Waals surface area contributed by atoms with E-state index < -0.39 is 0 Å². The van der Waals surface area contributed by atoms with Gasteiger partial charge in [-0.1, -0.05) is 19.9 Å². The maximum Gasteiger partial charge on any atom is 0.139 e. The van der Waals surface area contributed by atoms with E-state index in [-0.39, 0.29) is 5.78 Å². The highest BCUT2D eigenvalue weighted by Gasteiger charge is 2.06. The van der Waals surface area contributed by atoms with Gasteiger partial charge in [0.1, 0.15) is 5.78 Å². The van der Waals surface area contributed by atoms with Gasteiger partial charge in [0.05, 0.1) is 0 Å². The topological polar surface area (TPSA) is 30.0 Å². The van der Waals surface area contributed by atoms with Crippen molar-refractivity contribution in [2.45, 2.75) is 33.6 Å². The first-order valence-electron chi connectivity index (χ1n) is 5.01. The average Bonchev–Trinajstić information content (AvgIpc) is 2.07. The molecule has 0 unspecified atom stereocenters. The first kappa shape index (κ1) is 10.9. The van der Waals surface area contributed by atoms with Gasteiger partial charge in [-0.2, -0.15) is 0 Å². The van der Waals surface area contributed by atoms with Gasteiger partial charge in [-0.05, 0) is 24.5 Å². The lowest BCUT2D eigenvalue weighted by Crippen LogP contribution is -2.07. The fourth-order valence-electron chi connectivity index (χ4n) is 1.33. The van der Waals surface area contributed by atoms with E-state index in [1.165, 1.54) is 0 Å². The van der Waals surface area contributed by atoms with Crippen molar-refractivity contribution in [2.75, 3.05) is 0 Å². The molecule has 0 aliphatic carbocycles. The van der Waals surface area contributed by atoms with E-state index in [0.29, 0.717) is 18.8 Å². The number of hydrogen-bond acceptors (Lipinski definition) is 2. The Hall–Kier alpha value is -1.18. The van der Waals surface area contributed by atoms with Crippen molar-refractivity contribution in [2.24, 2.45) is 5.92 Å². The largest absolute Gasteiger partial charge is 0.299 e. The maximum absolute atomic E-state index is 11.5. The molecule has 0 amide bonds. The Morgan fingerprint density at radius 1 is 1.43 bits per heavy atom. The van der Waals surface area contributed by atoms with Crippen LogP contribution in [-0.2, 0) is 11.2 Å². The van der Waals surface area contributed by atoms with E-state index in [1.807, 2.05) is 19.1 Å². The van der Waals surface area contributed by atoms with Crippen molar-refractivity contribution < 1.29 is 4.79 Å². The fourth-order valence-corrected chi connectivity index (χ4v) is 1.33. The quantitative estimate of drug-likeness (QED) is 0.732. The molecule has 0 saturated carbocycles. The third kappa shape index (κ3) is 3.69. The van der Waals surface area contributed by atoms with Crippen LogP contribution in [-0.4, -0.2) is 10.8 Å². The van der Waals surface area contributed by atoms with Crippen LogP contribution in [0.2, 0.25) is 0 Å². The number of Topliss-reactive ketones (excluding diaryl/α,β-unsaturated/α-hetero) is 1. The lowest BCUT2D eigenvalue weighted by Gasteiger charge is -2.03. The standard InChI is InChI=1S/C12H17NO/c1-9(2)6-12(14)7-11-5-4-10(3)8-13-11/h4-5,8-9H,6-7H2,1-3H3. The lowest BCUT2D eigenvalue weighted by molar-refractivity contribution is -0.119. The zero-order valence-electron chi connectivity index (χ0n) is 9.08. The molecule has 14 heavy (non-hydrogen) atoms. The zero-order chi connectivity index (χ0) is 10.6. The molecule has 2 nitrogen and oxygen atoms in total. The number of rotatable bonds is 4. The molecule has 0 bridgehead atoms. The molecule has 76 valence electrons. The van der Waals surface area contributed by atoms with Gasteiger partial charge in [0.15, 0.2) is 0 Å². The Morgan fingerprint density at radius 3 is 2.64 bits per heavy atom. The number of nitrogens with zero attached hydrogens (tertiary/aromatic N) is 1. The van der Waals surface area contributed by atoms with Gasteiger partial charge in [0.2, 0.25) is 0 Å². The Labute approximate surface area is 85.4 Å². The molecule has 1 aromatic rings. The van der Waals surface area contributed by atoms with E-state index in [1.54, 1.807) is 6.20 Å². The number of aryl methyl sites for hydroxylation is 1. The van der Waals surface area contributed by atoms with Crippen LogP contribution in [0.5, 0.6) is 0 Å². The van der Waals surface area contributed by atoms with Crippen LogP contribution < -0.4 is 0 Å². The molecule has 0 spiro atoms. The summed E-state index contributed by atoms with van der Waals surface area (Å²) in [7, 11) is 0. The van der Waals surface area contributed by atoms with Crippen molar-refractivity contribution in [3.63, 3.8) is 0 Å². The summed E-state index contributed by atoms with van der Waals surface area (Å²) >= 11 is 0. The van der Waals surface area contributed by atoms with Crippen LogP contribution >= 0.6 is 0 Å². The average molecular weight is 191 g/mol. The Bertz CT molecular complexity index is 301. The monoisotopic (exact) mass is 191 g/mol. The van der Waals surface area contributed by atoms with Crippen molar-refractivity contribution in [3.8, 4) is 0 Å². The van der Waals surface area contributed by atoms with Gasteiger partial charge in [-0.25, -0.2) is 0 Å². The summed E-state index contributed by atoms with van der Waals surface area (Å²) < 4.78 is 0. The molecule has 0 aliphatic heterocycles. The highest BCUT2D eigenvalue weighted by molar-refractivity contribution is 5.80. The minimum Gasteiger partial charge on any atom is -0.299 e. The number of carbonyl (C=O) groups is 1. The third-order valence-corrected chi connectivity index (χ3v) is 1.99. The lowest BCUT2D eigenvalue weighted by atomic mass is 10.0. The molecular formula is C12H17NO. The van der Waals surface area contributed by atoms with Crippen LogP contribution in [0.3, 0.4) is 0 Å². The Balaban J connectivity index is 2.52. The summed E-state index contributed by atoms with van der Waals surface area (Å²) in [6, 6.07) is 3.92. The van der Waals surface area contributed by atoms with E-state index in [2.05, 4.69) is 18.8 Å². The smallest absolute Gasteiger partial charge is 0.139 e. The molecule has 0 aromatic carbocycles. The predicted octanol–water partition coefficient (Wildman–Crippen LogP) is 2.55. The minimum atomic E-state index is 0.274. The summed E-state index contributed by atoms with van der Waals surface area (Å²) in [5, 5.41) is 0. The normalized spacial score (nSPS) is 10.6. The van der Waals surface area contributed by atoms with Crippen LogP contribution in [0.4, 0.5) is 0 Å². The van der Waals surface area contributed by atoms with Crippen molar-refractivity contribution in [1.82, 2.24) is 4.98 Å². The van der Waals surface area contributed by atoms with Crippen LogP contribution in [0, 0.1) is 12.8 Å². The summed E-state index contributed by atoms with van der Waals surface area (Å²) in [6.07, 6.45) is 2.92. The molecular weight excluding hydrogens is 174 g/mol. The predicted molar refractivity (Wildman–Crippen MR) is 57.1 cm³/mol. The second-order valence-electron chi connectivity index (χ2n) is 4.14. The fraction of sp³-hybridized carbons (Fsp3) is 0.500. The Kier molecular flexibility index (Phi) is 3.81. The first-order valence-corrected chi connectivity index (χ1v) is 5.01. The van der Waals surface area contributed by atoms with Crippen LogP contribution in [0.15, 0.2) is 18.3 Å². The van der Waals surface area contributed by atoms with E-state index >= 15 is 0 Å². The van der Waals surface area contributed by atoms with Crippen molar-refractivity contribution in [3.05, 3.63) is 29.6 Å². The summed E-state index contributed by atoms with van der Waals surface area (Å²) in [5.74, 6) is 0.712. The highest BCUT2D eigenvalue weighted by atomic mass is 16.1. The summed E-state index contributed by atoms with van der Waals surface area (Å²) in [4.78, 5) is 15.7. The summed E-state index contributed by atoms with van der Waals surface area (Å²) in [6.45, 7) is 6.10. The molecule has 0 atom stereocenters. The third-order valence-electron chi connectivity index (χ3n) is 1.99. The molecule has 0 radical (unpaired) electrons. The second kappa shape index (κ2) is 4.89. The minimum absolute atomic E-state index is 0.274. The zero-order valence-corrected chi connectivity index (χ0v) is 9.08. The van der Waals surface area contributed by atoms with Gasteiger partial charge in [-0.3, -0.25) is 9.78 Å². The number of pyridine rings is 1. The van der Waals surface area contributed by atoms with Gasteiger partial charge >= 0.3 is 0 Å². The van der Waals surface area contributed by atoms with Crippen LogP contribution in [0.1, 0.15) is 31.5 Å². The molecule has 1 aromatic heterocycles. The first-order chi connectivity index (χ1) is 6.58. The van der Waals surface area contributed by atoms with E-state index in [9.17, 15) is 4.79 Å². The summed E-state index contributed by atoms with van der Waals surface area (Å²) in [5.41, 5.74) is 2.01. The molecule has 0 saturated heterocycles. The molecule has 0 fully saturated rings. The Morgan fingerprint density at radius 2 is 2.14 bits per heavy atom. The second-order valence-corrected chi connectivity index (χ2v) is 4.14. The van der Waals surface area contributed by atoms with Gasteiger partial charge < -0.3 is 0 Å². The molecule has 0 aliphatic rings. The molecule has 1 rings (SSSR count). The van der Waals surface area contributed by atoms with Gasteiger partial charge in [0.25, 0.3) is 0 Å². The van der Waals surface area contributed by atoms with Crippen LogP contribution in [0.25, 0.3) is 0 Å².